The van der Waals surface area contributed by atoms with Gasteiger partial charge in [-0.1, -0.05) is 52.0 Å². The van der Waals surface area contributed by atoms with Crippen LogP contribution in [0, 0.1) is 5.92 Å². The first-order valence-corrected chi connectivity index (χ1v) is 9.54. The second-order valence-electron chi connectivity index (χ2n) is 8.06. The lowest BCUT2D eigenvalue weighted by Crippen LogP contribution is -2.48. The summed E-state index contributed by atoms with van der Waals surface area (Å²) in [7, 11) is 1.65. The smallest absolute Gasteiger partial charge is 0.246 e. The summed E-state index contributed by atoms with van der Waals surface area (Å²) in [6, 6.07) is 5.67. The van der Waals surface area contributed by atoms with Gasteiger partial charge < -0.3 is 15.2 Å². The molecule has 0 bridgehead atoms. The lowest BCUT2D eigenvalue weighted by atomic mass is 9.83. The number of aromatic amines is 1. The van der Waals surface area contributed by atoms with Gasteiger partial charge in [0.1, 0.15) is 6.04 Å². The summed E-state index contributed by atoms with van der Waals surface area (Å²) in [5.41, 5.74) is 3.07. The summed E-state index contributed by atoms with van der Waals surface area (Å²) in [4.78, 5) is 29.0. The fourth-order valence-electron chi connectivity index (χ4n) is 3.38. The first-order chi connectivity index (χ1) is 13.1. The predicted octanol–water partition coefficient (Wildman–Crippen LogP) is 4.22. The van der Waals surface area contributed by atoms with E-state index in [2.05, 4.69) is 42.9 Å². The molecule has 2 aromatic rings. The van der Waals surface area contributed by atoms with Crippen molar-refractivity contribution in [3.05, 3.63) is 54.4 Å². The van der Waals surface area contributed by atoms with Crippen molar-refractivity contribution < 1.29 is 9.59 Å². The van der Waals surface area contributed by atoms with E-state index in [0.717, 1.165) is 16.5 Å². The molecule has 28 heavy (non-hydrogen) atoms. The molecule has 2 rings (SSSR count). The molecular formula is C23H31N3O2. The van der Waals surface area contributed by atoms with Crippen LogP contribution in [0.1, 0.15) is 45.7 Å². The minimum absolute atomic E-state index is 0.0130. The second kappa shape index (κ2) is 8.46. The highest BCUT2D eigenvalue weighted by atomic mass is 16.2. The highest BCUT2D eigenvalue weighted by molar-refractivity contribution is 5.92. The number of hydrogen-bond donors (Lipinski definition) is 2. The number of carbonyl (C=O) groups excluding carboxylic acids is 2. The molecule has 150 valence electrons. The maximum atomic E-state index is 12.6. The number of nitrogens with one attached hydrogen (secondary N) is 2. The Morgan fingerprint density at radius 3 is 2.54 bits per heavy atom. The first-order valence-electron chi connectivity index (χ1n) is 9.54. The summed E-state index contributed by atoms with van der Waals surface area (Å²) in [5.74, 6) is -0.317. The monoisotopic (exact) mass is 381 g/mol. The van der Waals surface area contributed by atoms with Crippen LogP contribution < -0.4 is 5.32 Å². The zero-order valence-electron chi connectivity index (χ0n) is 17.7. The van der Waals surface area contributed by atoms with Crippen molar-refractivity contribution in [1.82, 2.24) is 15.2 Å². The van der Waals surface area contributed by atoms with Crippen LogP contribution in [-0.2, 0) is 15.0 Å². The highest BCUT2D eigenvalue weighted by Crippen LogP contribution is 2.32. The molecule has 0 spiro atoms. The number of likely N-dealkylation sites (N-methyl/N-ethyl adjacent to an activating group) is 1. The van der Waals surface area contributed by atoms with Gasteiger partial charge in [0.25, 0.3) is 0 Å². The summed E-state index contributed by atoms with van der Waals surface area (Å²) < 4.78 is 0. The largest absolute Gasteiger partial charge is 0.360 e. The molecule has 1 aromatic carbocycles. The van der Waals surface area contributed by atoms with E-state index in [1.54, 1.807) is 13.2 Å². The van der Waals surface area contributed by atoms with E-state index >= 15 is 0 Å². The van der Waals surface area contributed by atoms with Gasteiger partial charge >= 0.3 is 0 Å². The fourth-order valence-corrected chi connectivity index (χ4v) is 3.38. The van der Waals surface area contributed by atoms with Gasteiger partial charge in [-0.2, -0.15) is 0 Å². The van der Waals surface area contributed by atoms with Crippen LogP contribution in [0.5, 0.6) is 0 Å². The van der Waals surface area contributed by atoms with E-state index in [9.17, 15) is 9.59 Å². The number of fused-ring (bicyclic) bond motifs is 1. The van der Waals surface area contributed by atoms with Crippen LogP contribution >= 0.6 is 0 Å². The van der Waals surface area contributed by atoms with E-state index in [4.69, 9.17) is 0 Å². The second-order valence-corrected chi connectivity index (χ2v) is 8.06. The summed E-state index contributed by atoms with van der Waals surface area (Å²) in [6.07, 6.45) is 7.37. The van der Waals surface area contributed by atoms with E-state index in [0.29, 0.717) is 0 Å². The predicted molar refractivity (Wildman–Crippen MR) is 116 cm³/mol. The molecule has 1 atom stereocenters. The van der Waals surface area contributed by atoms with Crippen molar-refractivity contribution in [2.24, 2.45) is 5.92 Å². The van der Waals surface area contributed by atoms with E-state index < -0.39 is 6.04 Å². The van der Waals surface area contributed by atoms with Gasteiger partial charge in [0.2, 0.25) is 11.8 Å². The van der Waals surface area contributed by atoms with Gasteiger partial charge in [0.15, 0.2) is 0 Å². The molecule has 1 heterocycles. The lowest BCUT2D eigenvalue weighted by Gasteiger charge is -2.28. The van der Waals surface area contributed by atoms with Crippen molar-refractivity contribution in [1.29, 1.82) is 0 Å². The first kappa shape index (κ1) is 21.5. The number of hydrogen-bond acceptors (Lipinski definition) is 2. The van der Waals surface area contributed by atoms with Gasteiger partial charge in [0, 0.05) is 42.7 Å². The van der Waals surface area contributed by atoms with Crippen molar-refractivity contribution >= 4 is 28.8 Å². The summed E-state index contributed by atoms with van der Waals surface area (Å²) >= 11 is 0. The molecule has 2 amide bonds. The molecule has 0 aliphatic heterocycles. The van der Waals surface area contributed by atoms with Crippen molar-refractivity contribution in [3.8, 4) is 0 Å². The Morgan fingerprint density at radius 2 is 1.96 bits per heavy atom. The third-order valence-electron chi connectivity index (χ3n) is 5.25. The Bertz CT molecular complexity index is 906. The van der Waals surface area contributed by atoms with Gasteiger partial charge in [-0.05, 0) is 17.6 Å². The minimum atomic E-state index is -0.509. The van der Waals surface area contributed by atoms with Crippen molar-refractivity contribution in [2.45, 2.75) is 46.1 Å². The molecule has 0 radical (unpaired) electrons. The molecule has 0 aliphatic carbocycles. The molecule has 0 saturated heterocycles. The topological polar surface area (TPSA) is 65.2 Å². The van der Waals surface area contributed by atoms with E-state index in [1.807, 2.05) is 38.3 Å². The molecule has 0 saturated carbocycles. The van der Waals surface area contributed by atoms with Gasteiger partial charge in [0.05, 0.1) is 5.52 Å². The lowest BCUT2D eigenvalue weighted by molar-refractivity contribution is -0.138. The number of aromatic nitrogens is 1. The summed E-state index contributed by atoms with van der Waals surface area (Å²) in [6.45, 7) is 13.5. The Kier molecular flexibility index (Phi) is 6.49. The third-order valence-corrected chi connectivity index (χ3v) is 5.25. The highest BCUT2D eigenvalue weighted by Gasteiger charge is 2.27. The fraction of sp³-hybridized carbons (Fsp3) is 0.391. The van der Waals surface area contributed by atoms with Crippen LogP contribution in [-0.4, -0.2) is 34.8 Å². The number of rotatable bonds is 7. The standard InChI is InChI=1S/C23H31N3O2/c1-8-23(5,6)19-11-9-10-18-17(14-25-20(18)19)12-13-24-22(28)21(15(2)3)26(7)16(4)27/h8-15,21,25H,1H2,2-7H3,(H,24,28)/b13-12+. The maximum absolute atomic E-state index is 12.6. The van der Waals surface area contributed by atoms with Crippen molar-refractivity contribution in [3.63, 3.8) is 0 Å². The van der Waals surface area contributed by atoms with Crippen LogP contribution in [0.2, 0.25) is 0 Å². The number of amides is 2. The Labute approximate surface area is 167 Å². The SMILES string of the molecule is C=CC(C)(C)c1cccc2c(/C=C/NC(=O)C(C(C)C)N(C)C(C)=O)c[nH]c12. The van der Waals surface area contributed by atoms with Gasteiger partial charge in [-0.25, -0.2) is 0 Å². The molecular weight excluding hydrogens is 350 g/mol. The molecule has 2 N–H and O–H groups in total. The number of H-pyrrole nitrogens is 1. The Balaban J connectivity index is 2.24. The third kappa shape index (κ3) is 4.35. The number of para-hydroxylation sites is 1. The Morgan fingerprint density at radius 1 is 1.29 bits per heavy atom. The molecule has 5 nitrogen and oxygen atoms in total. The molecule has 0 aliphatic rings. The van der Waals surface area contributed by atoms with Crippen LogP contribution in [0.15, 0.2) is 43.3 Å². The molecule has 1 unspecified atom stereocenters. The normalized spacial score (nSPS) is 13.1. The Hall–Kier alpha value is -2.82. The van der Waals surface area contributed by atoms with Crippen LogP contribution in [0.4, 0.5) is 0 Å². The zero-order chi connectivity index (χ0) is 21.1. The average Bonchev–Trinajstić information content (AvgIpc) is 3.04. The van der Waals surface area contributed by atoms with E-state index in [-0.39, 0.29) is 23.1 Å². The van der Waals surface area contributed by atoms with Crippen LogP contribution in [0.25, 0.3) is 17.0 Å². The summed E-state index contributed by atoms with van der Waals surface area (Å²) in [5, 5.41) is 3.90. The van der Waals surface area contributed by atoms with Crippen molar-refractivity contribution in [2.75, 3.05) is 7.05 Å². The number of benzene rings is 1. The number of allylic oxidation sites excluding steroid dienone is 1. The molecule has 1 aromatic heterocycles. The van der Waals surface area contributed by atoms with Gasteiger partial charge in [-0.15, -0.1) is 6.58 Å². The molecule has 0 fully saturated rings. The zero-order valence-corrected chi connectivity index (χ0v) is 17.7. The van der Waals surface area contributed by atoms with Gasteiger partial charge in [-0.3, -0.25) is 9.59 Å². The molecule has 5 heteroatoms. The number of carbonyl (C=O) groups is 2. The maximum Gasteiger partial charge on any atom is 0.246 e. The minimum Gasteiger partial charge on any atom is -0.360 e. The van der Waals surface area contributed by atoms with E-state index in [1.165, 1.54) is 17.4 Å². The quantitative estimate of drug-likeness (QED) is 0.705. The average molecular weight is 382 g/mol. The van der Waals surface area contributed by atoms with Crippen LogP contribution in [0.3, 0.4) is 0 Å². The number of nitrogens with zero attached hydrogens (tertiary/aromatic N) is 1.